The molecule has 3 fully saturated rings. The molecule has 0 amide bonds. The summed E-state index contributed by atoms with van der Waals surface area (Å²) in [6, 6.07) is 26.6. The summed E-state index contributed by atoms with van der Waals surface area (Å²) in [5, 5.41) is 3.56. The van der Waals surface area contributed by atoms with E-state index in [1.807, 2.05) is 72.8 Å². The van der Waals surface area contributed by atoms with Gasteiger partial charge >= 0.3 is 11.9 Å². The van der Waals surface area contributed by atoms with Gasteiger partial charge in [-0.2, -0.15) is 0 Å². The highest BCUT2D eigenvalue weighted by Gasteiger charge is 2.64. The van der Waals surface area contributed by atoms with E-state index in [0.29, 0.717) is 17.5 Å². The molecular weight excluding hydrogens is 464 g/mol. The number of ether oxygens (including phenoxy) is 2. The van der Waals surface area contributed by atoms with Crippen molar-refractivity contribution in [2.75, 3.05) is 0 Å². The molecule has 0 N–H and O–H groups in total. The van der Waals surface area contributed by atoms with E-state index in [2.05, 4.69) is 0 Å². The van der Waals surface area contributed by atoms with Gasteiger partial charge in [0.1, 0.15) is 18.0 Å². The van der Waals surface area contributed by atoms with Gasteiger partial charge in [-0.15, -0.1) is 0 Å². The molecule has 3 saturated carbocycles. The number of ketones is 1. The van der Waals surface area contributed by atoms with Crippen LogP contribution in [0.3, 0.4) is 0 Å². The fourth-order valence-electron chi connectivity index (χ4n) is 7.26. The Hall–Kier alpha value is -3.99. The van der Waals surface area contributed by atoms with Crippen LogP contribution in [0.5, 0.6) is 0 Å². The molecule has 0 spiro atoms. The summed E-state index contributed by atoms with van der Waals surface area (Å²) in [4.78, 5) is 39.8. The summed E-state index contributed by atoms with van der Waals surface area (Å²) < 4.78 is 12.4. The van der Waals surface area contributed by atoms with Crippen molar-refractivity contribution in [1.29, 1.82) is 0 Å². The first kappa shape index (κ1) is 22.2. The summed E-state index contributed by atoms with van der Waals surface area (Å²) in [5.74, 6) is -0.621. The third-order valence-corrected chi connectivity index (χ3v) is 8.79. The van der Waals surface area contributed by atoms with Gasteiger partial charge in [-0.25, -0.2) is 9.59 Å². The summed E-state index contributed by atoms with van der Waals surface area (Å²) in [6.45, 7) is 0. The highest BCUT2D eigenvalue weighted by atomic mass is 16.6. The average Bonchev–Trinajstić information content (AvgIpc) is 3.60. The normalized spacial score (nSPS) is 27.9. The summed E-state index contributed by atoms with van der Waals surface area (Å²) in [5.41, 5.74) is 0.980. The molecule has 0 saturated heterocycles. The van der Waals surface area contributed by atoms with Crippen LogP contribution in [-0.2, 0) is 14.3 Å². The van der Waals surface area contributed by atoms with Crippen LogP contribution in [0.15, 0.2) is 84.9 Å². The maximum atomic E-state index is 13.5. The zero-order chi connectivity index (χ0) is 25.1. The number of rotatable bonds is 4. The lowest BCUT2D eigenvalue weighted by atomic mass is 9.78. The molecule has 0 aliphatic heterocycles. The van der Waals surface area contributed by atoms with Crippen LogP contribution in [0.2, 0.25) is 0 Å². The number of hydrogen-bond donors (Lipinski definition) is 0. The van der Waals surface area contributed by atoms with Gasteiger partial charge in [0.05, 0.1) is 11.1 Å². The Balaban J connectivity index is 1.22. The van der Waals surface area contributed by atoms with Crippen LogP contribution in [0.25, 0.3) is 21.5 Å². The Bertz CT molecular complexity index is 1560. The van der Waals surface area contributed by atoms with Crippen molar-refractivity contribution >= 4 is 39.3 Å². The maximum Gasteiger partial charge on any atom is 0.339 e. The quantitative estimate of drug-likeness (QED) is 0.329. The number of carbonyl (C=O) groups is 3. The van der Waals surface area contributed by atoms with Crippen LogP contribution in [0.1, 0.15) is 40.0 Å². The number of fused-ring (bicyclic) bond motifs is 7. The van der Waals surface area contributed by atoms with Crippen molar-refractivity contribution in [2.24, 2.45) is 23.7 Å². The highest BCUT2D eigenvalue weighted by Crippen LogP contribution is 2.59. The largest absolute Gasteiger partial charge is 0.454 e. The lowest BCUT2D eigenvalue weighted by Gasteiger charge is -2.36. The molecule has 7 rings (SSSR count). The second-order valence-corrected chi connectivity index (χ2v) is 10.6. The lowest BCUT2D eigenvalue weighted by Crippen LogP contribution is -2.46. The third kappa shape index (κ3) is 3.48. The van der Waals surface area contributed by atoms with E-state index in [4.69, 9.17) is 9.47 Å². The van der Waals surface area contributed by atoms with Gasteiger partial charge in [0.25, 0.3) is 0 Å². The lowest BCUT2D eigenvalue weighted by molar-refractivity contribution is -0.127. The number of carbonyl (C=O) groups excluding carboxylic acids is 3. The van der Waals surface area contributed by atoms with E-state index in [0.717, 1.165) is 34.4 Å². The van der Waals surface area contributed by atoms with Crippen molar-refractivity contribution < 1.29 is 23.9 Å². The van der Waals surface area contributed by atoms with Gasteiger partial charge < -0.3 is 9.47 Å². The molecule has 0 heterocycles. The van der Waals surface area contributed by atoms with Crippen LogP contribution in [-0.4, -0.2) is 29.9 Å². The molecule has 3 aliphatic rings. The van der Waals surface area contributed by atoms with E-state index >= 15 is 0 Å². The van der Waals surface area contributed by atoms with Crippen LogP contribution in [0, 0.1) is 23.7 Å². The van der Waals surface area contributed by atoms with Crippen molar-refractivity contribution in [3.63, 3.8) is 0 Å². The fraction of sp³-hybridized carbons (Fsp3) is 0.281. The third-order valence-electron chi connectivity index (χ3n) is 8.79. The van der Waals surface area contributed by atoms with Gasteiger partial charge in [-0.3, -0.25) is 4.79 Å². The molecule has 6 atom stereocenters. The molecule has 0 radical (unpaired) electrons. The number of esters is 2. The molecule has 2 bridgehead atoms. The molecular formula is C32H26O5. The zero-order valence-corrected chi connectivity index (χ0v) is 20.2. The van der Waals surface area contributed by atoms with E-state index in [-0.39, 0.29) is 29.5 Å². The standard InChI is InChI=1S/C32H26O5/c33-27-16-15-22-25-17-26(28(22)27)30(37-32(35)24-14-6-10-19-8-2-4-12-21(19)24)29(25)36-31(34)23-13-5-9-18-7-1-3-11-20(18)23/h1-14,22,25-26,28-30H,15-17H2. The van der Waals surface area contributed by atoms with Crippen LogP contribution >= 0.6 is 0 Å². The average molecular weight is 491 g/mol. The van der Waals surface area contributed by atoms with Gasteiger partial charge in [-0.05, 0) is 52.4 Å². The summed E-state index contributed by atoms with van der Waals surface area (Å²) >= 11 is 0. The zero-order valence-electron chi connectivity index (χ0n) is 20.2. The minimum atomic E-state index is -0.640. The maximum absolute atomic E-state index is 13.5. The second kappa shape index (κ2) is 8.55. The second-order valence-electron chi connectivity index (χ2n) is 10.6. The smallest absolute Gasteiger partial charge is 0.339 e. The molecule has 37 heavy (non-hydrogen) atoms. The molecule has 184 valence electrons. The molecule has 4 aromatic carbocycles. The first-order chi connectivity index (χ1) is 18.1. The van der Waals surface area contributed by atoms with Crippen molar-refractivity contribution in [3.8, 4) is 0 Å². The van der Waals surface area contributed by atoms with E-state index in [1.165, 1.54) is 0 Å². The first-order valence-electron chi connectivity index (χ1n) is 13.0. The predicted octanol–water partition coefficient (Wildman–Crippen LogP) is 5.99. The summed E-state index contributed by atoms with van der Waals surface area (Å²) in [7, 11) is 0. The minimum absolute atomic E-state index is 0.0192. The van der Waals surface area contributed by atoms with E-state index in [1.54, 1.807) is 12.1 Å². The van der Waals surface area contributed by atoms with Gasteiger partial charge in [-0.1, -0.05) is 72.8 Å². The minimum Gasteiger partial charge on any atom is -0.454 e. The van der Waals surface area contributed by atoms with Gasteiger partial charge in [0.2, 0.25) is 0 Å². The first-order valence-corrected chi connectivity index (χ1v) is 13.0. The van der Waals surface area contributed by atoms with Crippen LogP contribution < -0.4 is 0 Å². The Morgan fingerprint density at radius 2 is 1.14 bits per heavy atom. The topological polar surface area (TPSA) is 69.7 Å². The van der Waals surface area contributed by atoms with Crippen LogP contribution in [0.4, 0.5) is 0 Å². The highest BCUT2D eigenvalue weighted by molar-refractivity contribution is 6.05. The summed E-state index contributed by atoms with van der Waals surface area (Å²) in [6.07, 6.45) is 0.899. The molecule has 3 aliphatic carbocycles. The number of Topliss-reactive ketones (excluding diaryl/α,β-unsaturated/α-hetero) is 1. The molecule has 4 aromatic rings. The van der Waals surface area contributed by atoms with E-state index in [9.17, 15) is 14.4 Å². The Labute approximate surface area is 214 Å². The molecule has 5 heteroatoms. The Kier molecular flexibility index (Phi) is 5.13. The molecule has 0 aromatic heterocycles. The van der Waals surface area contributed by atoms with Crippen molar-refractivity contribution in [1.82, 2.24) is 0 Å². The van der Waals surface area contributed by atoms with Crippen molar-refractivity contribution in [3.05, 3.63) is 96.1 Å². The SMILES string of the molecule is O=C(OC1C2CC(C1OC(=O)c1cccc3ccccc13)C1C(=O)CCC21)c1cccc2ccccc12. The monoisotopic (exact) mass is 490 g/mol. The molecule has 6 unspecified atom stereocenters. The Morgan fingerprint density at radius 3 is 1.73 bits per heavy atom. The van der Waals surface area contributed by atoms with E-state index < -0.39 is 24.1 Å². The molecule has 5 nitrogen and oxygen atoms in total. The van der Waals surface area contributed by atoms with Crippen molar-refractivity contribution in [2.45, 2.75) is 31.5 Å². The predicted molar refractivity (Wildman–Crippen MR) is 139 cm³/mol. The van der Waals surface area contributed by atoms with Gasteiger partial charge in [0, 0.05) is 24.2 Å². The fourth-order valence-corrected chi connectivity index (χ4v) is 7.26. The van der Waals surface area contributed by atoms with Gasteiger partial charge in [0.15, 0.2) is 0 Å². The number of benzene rings is 4. The Morgan fingerprint density at radius 1 is 0.622 bits per heavy atom. The number of hydrogen-bond acceptors (Lipinski definition) is 5.